The van der Waals surface area contributed by atoms with Crippen molar-refractivity contribution in [1.82, 2.24) is 19.9 Å². The maximum atomic E-state index is 14.1. The van der Waals surface area contributed by atoms with Crippen molar-refractivity contribution in [1.29, 1.82) is 0 Å². The maximum Gasteiger partial charge on any atom is 0.251 e. The van der Waals surface area contributed by atoms with Crippen molar-refractivity contribution in [3.05, 3.63) is 57.2 Å². The number of halogens is 1. The fraction of sp³-hybridized carbons (Fsp3) is 0.348. The number of H-pyrrole nitrogens is 1. The Morgan fingerprint density at radius 3 is 2.72 bits per heavy atom. The number of anilines is 2. The highest BCUT2D eigenvalue weighted by molar-refractivity contribution is 7.18. The minimum absolute atomic E-state index is 0.0365. The summed E-state index contributed by atoms with van der Waals surface area (Å²) in [6.45, 7) is 6.31. The van der Waals surface area contributed by atoms with E-state index >= 15 is 0 Å². The first-order chi connectivity index (χ1) is 15.6. The second-order valence-corrected chi connectivity index (χ2v) is 9.06. The van der Waals surface area contributed by atoms with E-state index in [-0.39, 0.29) is 10.7 Å². The van der Waals surface area contributed by atoms with Crippen molar-refractivity contribution in [2.75, 3.05) is 43.4 Å². The highest BCUT2D eigenvalue weighted by atomic mass is 32.1. The summed E-state index contributed by atoms with van der Waals surface area (Å²) in [5, 5.41) is 2.67. The van der Waals surface area contributed by atoms with E-state index in [9.17, 15) is 9.18 Å². The standard InChI is InChI=1S/C23H25FN6OS/c1-3-15-9-17-18(28-23(15)31)8-14(11-26-17)13-29-4-6-30(7-5-29)16-10-19-20(27-12-16)21(25-2)22(24)32-19/h8-12,25H,3-7,13H2,1-2H3,(H,28,31). The molecule has 1 saturated heterocycles. The number of hydrogen-bond donors (Lipinski definition) is 2. The van der Waals surface area contributed by atoms with Crippen LogP contribution in [0.5, 0.6) is 0 Å². The zero-order valence-corrected chi connectivity index (χ0v) is 18.9. The fourth-order valence-corrected chi connectivity index (χ4v) is 5.19. The highest BCUT2D eigenvalue weighted by Crippen LogP contribution is 2.34. The number of nitrogens with one attached hydrogen (secondary N) is 2. The number of thiophene rings is 1. The highest BCUT2D eigenvalue weighted by Gasteiger charge is 2.20. The number of pyridine rings is 3. The Morgan fingerprint density at radius 2 is 1.97 bits per heavy atom. The van der Waals surface area contributed by atoms with E-state index in [1.165, 1.54) is 0 Å². The predicted octanol–water partition coefficient (Wildman–Crippen LogP) is 3.60. The molecule has 0 unspecified atom stereocenters. The Morgan fingerprint density at radius 1 is 1.16 bits per heavy atom. The normalized spacial score (nSPS) is 15.0. The fourth-order valence-electron chi connectivity index (χ4n) is 4.27. The molecule has 0 aromatic carbocycles. The second kappa shape index (κ2) is 8.48. The first kappa shape index (κ1) is 20.8. The first-order valence-corrected chi connectivity index (χ1v) is 11.6. The lowest BCUT2D eigenvalue weighted by Gasteiger charge is -2.36. The molecular weight excluding hydrogens is 427 g/mol. The Kier molecular flexibility index (Phi) is 5.52. The van der Waals surface area contributed by atoms with Gasteiger partial charge in [0.25, 0.3) is 5.56 Å². The molecule has 4 aromatic rings. The van der Waals surface area contributed by atoms with Gasteiger partial charge in [-0.05, 0) is 30.2 Å². The zero-order chi connectivity index (χ0) is 22.2. The third-order valence-electron chi connectivity index (χ3n) is 6.07. The van der Waals surface area contributed by atoms with E-state index in [0.717, 1.165) is 76.6 Å². The zero-order valence-electron chi connectivity index (χ0n) is 18.1. The van der Waals surface area contributed by atoms with Gasteiger partial charge in [0.15, 0.2) is 0 Å². The van der Waals surface area contributed by atoms with Crippen molar-refractivity contribution in [3.8, 4) is 0 Å². The average Bonchev–Trinajstić information content (AvgIpc) is 3.13. The van der Waals surface area contributed by atoms with Crippen LogP contribution in [0.1, 0.15) is 18.1 Å². The van der Waals surface area contributed by atoms with Crippen molar-refractivity contribution < 1.29 is 4.39 Å². The third kappa shape index (κ3) is 3.82. The molecule has 1 aliphatic heterocycles. The van der Waals surface area contributed by atoms with Gasteiger partial charge in [-0.25, -0.2) is 0 Å². The number of rotatable bonds is 5. The van der Waals surface area contributed by atoms with Crippen LogP contribution in [-0.4, -0.2) is 53.1 Å². The van der Waals surface area contributed by atoms with Crippen LogP contribution >= 0.6 is 11.3 Å². The lowest BCUT2D eigenvalue weighted by molar-refractivity contribution is 0.249. The molecule has 0 saturated carbocycles. The largest absolute Gasteiger partial charge is 0.383 e. The van der Waals surface area contributed by atoms with Crippen LogP contribution in [0.15, 0.2) is 35.4 Å². The molecule has 0 atom stereocenters. The van der Waals surface area contributed by atoms with Gasteiger partial charge in [0, 0.05) is 51.5 Å². The quantitative estimate of drug-likeness (QED) is 0.482. The third-order valence-corrected chi connectivity index (χ3v) is 6.99. The summed E-state index contributed by atoms with van der Waals surface area (Å²) >= 11 is 1.13. The molecule has 4 aromatic heterocycles. The van der Waals surface area contributed by atoms with Crippen LogP contribution in [-0.2, 0) is 13.0 Å². The second-order valence-electron chi connectivity index (χ2n) is 8.06. The topological polar surface area (TPSA) is 77.2 Å². The number of aryl methyl sites for hydroxylation is 1. The minimum atomic E-state index is -0.228. The molecule has 0 spiro atoms. The Labute approximate surface area is 188 Å². The Hall–Kier alpha value is -3.04. The van der Waals surface area contributed by atoms with Gasteiger partial charge in [-0.2, -0.15) is 4.39 Å². The molecule has 0 bridgehead atoms. The Balaban J connectivity index is 1.27. The lowest BCUT2D eigenvalue weighted by Crippen LogP contribution is -2.46. The minimum Gasteiger partial charge on any atom is -0.383 e. The van der Waals surface area contributed by atoms with Crippen molar-refractivity contribution in [2.24, 2.45) is 0 Å². The van der Waals surface area contributed by atoms with E-state index < -0.39 is 0 Å². The Bertz CT molecular complexity index is 1340. The summed E-state index contributed by atoms with van der Waals surface area (Å²) in [5.41, 5.74) is 5.60. The maximum absolute atomic E-state index is 14.1. The summed E-state index contributed by atoms with van der Waals surface area (Å²) in [6, 6.07) is 5.93. The number of piperazine rings is 1. The first-order valence-electron chi connectivity index (χ1n) is 10.8. The van der Waals surface area contributed by atoms with Gasteiger partial charge in [0.2, 0.25) is 5.13 Å². The molecule has 1 fully saturated rings. The molecule has 0 aliphatic carbocycles. The van der Waals surface area contributed by atoms with Crippen LogP contribution < -0.4 is 15.8 Å². The van der Waals surface area contributed by atoms with Crippen LogP contribution in [0.2, 0.25) is 0 Å². The number of aromatic amines is 1. The van der Waals surface area contributed by atoms with Gasteiger partial charge in [0.05, 0.1) is 27.6 Å². The number of hydrogen-bond acceptors (Lipinski definition) is 7. The van der Waals surface area contributed by atoms with Gasteiger partial charge < -0.3 is 15.2 Å². The SMILES string of the molecule is CCc1cc2ncc(CN3CCN(c4cnc5c(NC)c(F)sc5c4)CC3)cc2[nH]c1=O. The monoisotopic (exact) mass is 452 g/mol. The van der Waals surface area contributed by atoms with E-state index in [2.05, 4.69) is 30.1 Å². The molecule has 2 N–H and O–H groups in total. The number of aromatic nitrogens is 3. The summed E-state index contributed by atoms with van der Waals surface area (Å²) in [6.07, 6.45) is 4.42. The summed E-state index contributed by atoms with van der Waals surface area (Å²) in [7, 11) is 1.71. The number of fused-ring (bicyclic) bond motifs is 2. The van der Waals surface area contributed by atoms with Gasteiger partial charge >= 0.3 is 0 Å². The summed E-state index contributed by atoms with van der Waals surface area (Å²) in [4.78, 5) is 28.8. The van der Waals surface area contributed by atoms with Gasteiger partial charge in [-0.15, -0.1) is 11.3 Å². The van der Waals surface area contributed by atoms with E-state index in [4.69, 9.17) is 0 Å². The smallest absolute Gasteiger partial charge is 0.251 e. The van der Waals surface area contributed by atoms with Gasteiger partial charge in [-0.3, -0.25) is 19.7 Å². The van der Waals surface area contributed by atoms with Crippen molar-refractivity contribution in [2.45, 2.75) is 19.9 Å². The molecule has 166 valence electrons. The van der Waals surface area contributed by atoms with Crippen LogP contribution in [0.3, 0.4) is 0 Å². The molecule has 1 aliphatic rings. The predicted molar refractivity (Wildman–Crippen MR) is 128 cm³/mol. The average molecular weight is 453 g/mol. The van der Waals surface area contributed by atoms with Crippen LogP contribution in [0.4, 0.5) is 15.8 Å². The van der Waals surface area contributed by atoms with E-state index in [0.29, 0.717) is 17.6 Å². The van der Waals surface area contributed by atoms with Gasteiger partial charge in [0.1, 0.15) is 11.2 Å². The van der Waals surface area contributed by atoms with Crippen molar-refractivity contribution >= 4 is 44.0 Å². The van der Waals surface area contributed by atoms with E-state index in [1.807, 2.05) is 37.5 Å². The molecule has 9 heteroatoms. The van der Waals surface area contributed by atoms with Crippen LogP contribution in [0.25, 0.3) is 21.3 Å². The molecule has 32 heavy (non-hydrogen) atoms. The summed E-state index contributed by atoms with van der Waals surface area (Å²) < 4.78 is 14.9. The molecule has 0 radical (unpaired) electrons. The van der Waals surface area contributed by atoms with E-state index in [1.54, 1.807) is 7.05 Å². The van der Waals surface area contributed by atoms with Gasteiger partial charge in [-0.1, -0.05) is 6.92 Å². The molecular formula is C23H25FN6OS. The molecule has 7 nitrogen and oxygen atoms in total. The van der Waals surface area contributed by atoms with Crippen molar-refractivity contribution in [3.63, 3.8) is 0 Å². The van der Waals surface area contributed by atoms with Crippen LogP contribution in [0, 0.1) is 5.13 Å². The lowest BCUT2D eigenvalue weighted by atomic mass is 10.1. The molecule has 5 heterocycles. The molecule has 5 rings (SSSR count). The number of nitrogens with zero attached hydrogens (tertiary/aromatic N) is 4. The molecule has 0 amide bonds. The summed E-state index contributed by atoms with van der Waals surface area (Å²) in [5.74, 6) is 0.